The molecule has 0 saturated carbocycles. The quantitative estimate of drug-likeness (QED) is 0.114. The molecule has 1 aliphatic carbocycles. The van der Waals surface area contributed by atoms with Gasteiger partial charge in [0, 0.05) is 28.1 Å². The molecule has 40 heavy (non-hydrogen) atoms. The summed E-state index contributed by atoms with van der Waals surface area (Å²) in [4.78, 5) is 17.4. The van der Waals surface area contributed by atoms with Crippen molar-refractivity contribution in [2.24, 2.45) is 4.99 Å². The predicted molar refractivity (Wildman–Crippen MR) is 176 cm³/mol. The van der Waals surface area contributed by atoms with Crippen LogP contribution in [0.3, 0.4) is 0 Å². The van der Waals surface area contributed by atoms with Crippen LogP contribution < -0.4 is 5.32 Å². The molecule has 0 aliphatic heterocycles. The summed E-state index contributed by atoms with van der Waals surface area (Å²) in [7, 11) is 0. The van der Waals surface area contributed by atoms with Gasteiger partial charge in [-0.05, 0) is 105 Å². The van der Waals surface area contributed by atoms with E-state index in [1.165, 1.54) is 31.2 Å². The lowest BCUT2D eigenvalue weighted by Gasteiger charge is -2.16. The van der Waals surface area contributed by atoms with Crippen LogP contribution in [0.4, 0.5) is 5.69 Å². The number of amidine groups is 1. The van der Waals surface area contributed by atoms with Crippen molar-refractivity contribution in [1.29, 1.82) is 0 Å². The van der Waals surface area contributed by atoms with Crippen LogP contribution in [0.25, 0.3) is 0 Å². The monoisotopic (exact) mass is 556 g/mol. The lowest BCUT2D eigenvalue weighted by molar-refractivity contribution is -0.113. The van der Waals surface area contributed by atoms with E-state index in [0.717, 1.165) is 33.8 Å². The molecule has 1 N–H and O–H groups in total. The highest BCUT2D eigenvalue weighted by molar-refractivity contribution is 6.33. The fraction of sp³-hybridized carbons (Fsp3) is 0.333. The molecular formula is C36H45ClN2O. The van der Waals surface area contributed by atoms with E-state index in [9.17, 15) is 4.79 Å². The number of halogens is 1. The van der Waals surface area contributed by atoms with Crippen molar-refractivity contribution in [3.05, 3.63) is 124 Å². The van der Waals surface area contributed by atoms with Crippen molar-refractivity contribution < 1.29 is 4.79 Å². The van der Waals surface area contributed by atoms with E-state index in [2.05, 4.69) is 67.7 Å². The Morgan fingerprint density at radius 3 is 2.27 bits per heavy atom. The molecule has 1 aliphatic rings. The Bertz CT molecular complexity index is 1290. The van der Waals surface area contributed by atoms with Gasteiger partial charge in [-0.1, -0.05) is 87.9 Å². The fourth-order valence-corrected chi connectivity index (χ4v) is 5.03. The Hall–Kier alpha value is -3.43. The molecule has 0 fully saturated rings. The van der Waals surface area contributed by atoms with Crippen LogP contribution in [0.5, 0.6) is 0 Å². The van der Waals surface area contributed by atoms with Gasteiger partial charge >= 0.3 is 0 Å². The van der Waals surface area contributed by atoms with E-state index in [4.69, 9.17) is 11.6 Å². The number of rotatable bonds is 13. The zero-order valence-electron chi connectivity index (χ0n) is 25.1. The van der Waals surface area contributed by atoms with Gasteiger partial charge in [0.1, 0.15) is 5.84 Å². The minimum atomic E-state index is -0.0771. The molecule has 0 atom stereocenters. The van der Waals surface area contributed by atoms with Crippen LogP contribution in [-0.2, 0) is 4.79 Å². The minimum Gasteiger partial charge on any atom is -0.344 e. The second kappa shape index (κ2) is 16.6. The predicted octanol–water partition coefficient (Wildman–Crippen LogP) is 10.7. The molecule has 0 bridgehead atoms. The Balaban J connectivity index is 2.32. The third-order valence-corrected chi connectivity index (χ3v) is 7.22. The van der Waals surface area contributed by atoms with Crippen LogP contribution in [0.2, 0.25) is 0 Å². The first-order chi connectivity index (χ1) is 19.1. The van der Waals surface area contributed by atoms with Crippen molar-refractivity contribution >= 4 is 28.9 Å². The van der Waals surface area contributed by atoms with E-state index >= 15 is 0 Å². The number of ketones is 1. The summed E-state index contributed by atoms with van der Waals surface area (Å²) in [5, 5.41) is 3.89. The molecule has 1 aromatic carbocycles. The Labute approximate surface area is 247 Å². The number of hydrogen-bond acceptors (Lipinski definition) is 2. The first-order valence-electron chi connectivity index (χ1n) is 14.2. The van der Waals surface area contributed by atoms with Crippen LogP contribution in [0.15, 0.2) is 124 Å². The average Bonchev–Trinajstić information content (AvgIpc) is 3.10. The van der Waals surface area contributed by atoms with Gasteiger partial charge in [-0.3, -0.25) is 4.79 Å². The number of carbonyl (C=O) groups excluding carboxylic acids is 1. The number of Topliss-reactive ketones (excluding diaryl/α,β-unsaturated/α-hetero) is 1. The van der Waals surface area contributed by atoms with Crippen molar-refractivity contribution in [2.75, 3.05) is 5.32 Å². The van der Waals surface area contributed by atoms with Gasteiger partial charge in [0.15, 0.2) is 5.78 Å². The van der Waals surface area contributed by atoms with Crippen LogP contribution >= 0.6 is 11.6 Å². The van der Waals surface area contributed by atoms with Gasteiger partial charge in [0.05, 0.1) is 0 Å². The van der Waals surface area contributed by atoms with E-state index < -0.39 is 0 Å². The summed E-state index contributed by atoms with van der Waals surface area (Å²) in [6.45, 7) is 19.8. The highest BCUT2D eigenvalue weighted by Crippen LogP contribution is 2.32. The maximum atomic E-state index is 12.8. The zero-order valence-corrected chi connectivity index (χ0v) is 25.9. The highest BCUT2D eigenvalue weighted by Gasteiger charge is 2.17. The zero-order chi connectivity index (χ0) is 29.7. The summed E-state index contributed by atoms with van der Waals surface area (Å²) in [5.74, 6) is 1.28. The molecule has 4 heteroatoms. The van der Waals surface area contributed by atoms with Gasteiger partial charge in [-0.2, -0.15) is 0 Å². The van der Waals surface area contributed by atoms with Gasteiger partial charge in [-0.15, -0.1) is 0 Å². The largest absolute Gasteiger partial charge is 0.344 e. The molecule has 0 amide bonds. The molecule has 0 spiro atoms. The van der Waals surface area contributed by atoms with Crippen molar-refractivity contribution in [2.45, 2.75) is 79.6 Å². The second-order valence-electron chi connectivity index (χ2n) is 10.2. The van der Waals surface area contributed by atoms with Crippen LogP contribution in [-0.4, -0.2) is 11.6 Å². The number of nitrogens with one attached hydrogen (secondary N) is 1. The molecular weight excluding hydrogens is 512 g/mol. The summed E-state index contributed by atoms with van der Waals surface area (Å²) >= 11 is 6.74. The molecule has 2 rings (SSSR count). The van der Waals surface area contributed by atoms with Crippen molar-refractivity contribution in [1.82, 2.24) is 0 Å². The SMILES string of the molecule is C=C/C(=C\C)C1=CCC=C(/C(=C/C(=C/N=C(C)Nc2ccc(C(CCC)CCC)cc2)C(=C)C)C(C)=O)C(Cl)=C1. The van der Waals surface area contributed by atoms with Crippen LogP contribution in [0.1, 0.15) is 85.1 Å². The summed E-state index contributed by atoms with van der Waals surface area (Å²) in [6.07, 6.45) is 18.8. The third kappa shape index (κ3) is 9.64. The second-order valence-corrected chi connectivity index (χ2v) is 10.6. The van der Waals surface area contributed by atoms with Gasteiger partial charge in [-0.25, -0.2) is 4.99 Å². The first kappa shape index (κ1) is 32.8. The van der Waals surface area contributed by atoms with Crippen LogP contribution in [0, 0.1) is 0 Å². The van der Waals surface area contributed by atoms with E-state index in [-0.39, 0.29) is 5.78 Å². The normalized spacial score (nSPS) is 15.2. The third-order valence-electron chi connectivity index (χ3n) is 6.90. The number of hydrogen-bond donors (Lipinski definition) is 1. The number of anilines is 1. The molecule has 0 radical (unpaired) electrons. The molecule has 0 heterocycles. The van der Waals surface area contributed by atoms with E-state index in [1.807, 2.05) is 45.1 Å². The standard InChI is InChI=1S/C36H45ClN2O/c1-9-14-29(15-10-2)30-18-20-33(21-19-30)39-27(8)38-24-32(25(5)6)22-35(26(7)40)34-17-13-16-31(23-36(34)37)28(11-3)12-4/h11-12,16-24,29H,3,5,9-10,13-15H2,1-2,4,6-8H3,(H,38,39)/b28-12+,32-24-,35-22+. The molecule has 0 saturated heterocycles. The summed E-state index contributed by atoms with van der Waals surface area (Å²) in [5.41, 5.74) is 7.15. The molecule has 0 unspecified atom stereocenters. The Kier molecular flexibility index (Phi) is 13.6. The number of nitrogens with zero attached hydrogens (tertiary/aromatic N) is 1. The lowest BCUT2D eigenvalue weighted by atomic mass is 9.90. The smallest absolute Gasteiger partial charge is 0.160 e. The number of carbonyl (C=O) groups is 1. The Morgan fingerprint density at radius 2 is 1.75 bits per heavy atom. The van der Waals surface area contributed by atoms with Gasteiger partial charge in [0.2, 0.25) is 0 Å². The van der Waals surface area contributed by atoms with Crippen molar-refractivity contribution in [3.8, 4) is 0 Å². The summed E-state index contributed by atoms with van der Waals surface area (Å²) in [6, 6.07) is 8.67. The van der Waals surface area contributed by atoms with Gasteiger partial charge < -0.3 is 5.32 Å². The van der Waals surface area contributed by atoms with Crippen molar-refractivity contribution in [3.63, 3.8) is 0 Å². The lowest BCUT2D eigenvalue weighted by Crippen LogP contribution is -2.07. The maximum absolute atomic E-state index is 12.8. The topological polar surface area (TPSA) is 41.5 Å². The van der Waals surface area contributed by atoms with Gasteiger partial charge in [0.25, 0.3) is 0 Å². The highest BCUT2D eigenvalue weighted by atomic mass is 35.5. The molecule has 0 aromatic heterocycles. The molecule has 1 aromatic rings. The number of allylic oxidation sites excluding steroid dienone is 13. The Morgan fingerprint density at radius 1 is 1.10 bits per heavy atom. The summed E-state index contributed by atoms with van der Waals surface area (Å²) < 4.78 is 0. The maximum Gasteiger partial charge on any atom is 0.160 e. The fourth-order valence-electron chi connectivity index (χ4n) is 4.73. The molecule has 212 valence electrons. The number of benzene rings is 1. The number of aliphatic imine (C=N–C) groups is 1. The first-order valence-corrected chi connectivity index (χ1v) is 14.6. The minimum absolute atomic E-state index is 0.0771. The average molecular weight is 557 g/mol. The van der Waals surface area contributed by atoms with E-state index in [0.29, 0.717) is 28.5 Å². The molecule has 3 nitrogen and oxygen atoms in total. The van der Waals surface area contributed by atoms with E-state index in [1.54, 1.807) is 19.2 Å².